The molecule has 1 rings (SSSR count). The van der Waals surface area contributed by atoms with E-state index in [2.05, 4.69) is 0 Å². The molecule has 0 aromatic heterocycles. The summed E-state index contributed by atoms with van der Waals surface area (Å²) in [5, 5.41) is 11.3. The first-order chi connectivity index (χ1) is 7.63. The number of carbonyl (C=O) groups excluding carboxylic acids is 1. The third-order valence-electron chi connectivity index (χ3n) is 2.11. The Morgan fingerprint density at radius 1 is 1.38 bits per heavy atom. The molecule has 0 aliphatic carbocycles. The Balaban J connectivity index is 2.59. The van der Waals surface area contributed by atoms with Gasteiger partial charge in [-0.25, -0.2) is 5.01 Å². The van der Waals surface area contributed by atoms with E-state index in [1.807, 2.05) is 30.3 Å². The van der Waals surface area contributed by atoms with Crippen molar-refractivity contribution < 1.29 is 14.7 Å². The molecule has 0 atom stereocenters. The van der Waals surface area contributed by atoms with Gasteiger partial charge in [0, 0.05) is 13.6 Å². The van der Waals surface area contributed by atoms with E-state index in [0.29, 0.717) is 13.0 Å². The molecule has 0 saturated heterocycles. The molecular weight excluding hydrogens is 208 g/mol. The van der Waals surface area contributed by atoms with Crippen molar-refractivity contribution in [1.82, 2.24) is 10.0 Å². The second-order valence-corrected chi connectivity index (χ2v) is 3.40. The molecule has 16 heavy (non-hydrogen) atoms. The van der Waals surface area contributed by atoms with E-state index in [0.717, 1.165) is 10.6 Å². The number of carbonyl (C=O) groups is 2. The number of aliphatic carboxylic acids is 1. The first-order valence-corrected chi connectivity index (χ1v) is 4.82. The Morgan fingerprint density at radius 3 is 2.50 bits per heavy atom. The maximum atomic E-state index is 10.7. The van der Waals surface area contributed by atoms with Gasteiger partial charge in [-0.15, -0.1) is 0 Å². The summed E-state index contributed by atoms with van der Waals surface area (Å²) in [5.41, 5.74) is 1.02. The number of hydrogen-bond acceptors (Lipinski definition) is 3. The molecular formula is C11H14N2O3. The van der Waals surface area contributed by atoms with Gasteiger partial charge in [0.2, 0.25) is 6.41 Å². The number of benzene rings is 1. The smallest absolute Gasteiger partial charge is 0.324 e. The molecule has 0 spiro atoms. The second-order valence-electron chi connectivity index (χ2n) is 3.40. The highest BCUT2D eigenvalue weighted by atomic mass is 16.4. The fourth-order valence-corrected chi connectivity index (χ4v) is 1.32. The van der Waals surface area contributed by atoms with Crippen LogP contribution in [0.5, 0.6) is 0 Å². The maximum absolute atomic E-state index is 10.7. The van der Waals surface area contributed by atoms with E-state index < -0.39 is 5.97 Å². The zero-order valence-electron chi connectivity index (χ0n) is 9.04. The van der Waals surface area contributed by atoms with Crippen LogP contribution in [-0.4, -0.2) is 41.1 Å². The summed E-state index contributed by atoms with van der Waals surface area (Å²) in [6, 6.07) is 9.52. The Morgan fingerprint density at radius 2 is 2.00 bits per heavy atom. The zero-order valence-corrected chi connectivity index (χ0v) is 9.04. The summed E-state index contributed by atoms with van der Waals surface area (Å²) in [7, 11) is 1.67. The van der Waals surface area contributed by atoms with Crippen molar-refractivity contribution in [3.05, 3.63) is 35.9 Å². The van der Waals surface area contributed by atoms with Crippen LogP contribution in [0.3, 0.4) is 0 Å². The largest absolute Gasteiger partial charge is 0.480 e. The molecule has 1 N–H and O–H groups in total. The highest BCUT2D eigenvalue weighted by Crippen LogP contribution is 2.04. The van der Waals surface area contributed by atoms with Gasteiger partial charge in [0.1, 0.15) is 6.54 Å². The van der Waals surface area contributed by atoms with Crippen LogP contribution in [0.4, 0.5) is 0 Å². The second kappa shape index (κ2) is 5.87. The van der Waals surface area contributed by atoms with Crippen molar-refractivity contribution in [2.75, 3.05) is 13.6 Å². The van der Waals surface area contributed by atoms with Crippen molar-refractivity contribution >= 4 is 12.4 Å². The predicted molar refractivity (Wildman–Crippen MR) is 58.3 cm³/mol. The number of carboxylic acids is 1. The summed E-state index contributed by atoms with van der Waals surface area (Å²) in [6.45, 7) is 0.166. The summed E-state index contributed by atoms with van der Waals surface area (Å²) in [5.74, 6) is -1.04. The van der Waals surface area contributed by atoms with E-state index in [4.69, 9.17) is 5.11 Å². The zero-order chi connectivity index (χ0) is 12.0. The molecule has 0 unspecified atom stereocenters. The number of amides is 1. The molecule has 0 heterocycles. The van der Waals surface area contributed by atoms with Crippen LogP contribution in [0.15, 0.2) is 30.3 Å². The van der Waals surface area contributed by atoms with Crippen molar-refractivity contribution in [3.63, 3.8) is 0 Å². The third kappa shape index (κ3) is 3.70. The molecule has 5 nitrogen and oxygen atoms in total. The average molecular weight is 222 g/mol. The molecule has 5 heteroatoms. The molecule has 1 amide bonds. The number of nitrogens with zero attached hydrogens (tertiary/aromatic N) is 2. The lowest BCUT2D eigenvalue weighted by Crippen LogP contribution is -2.41. The van der Waals surface area contributed by atoms with Gasteiger partial charge in [0.15, 0.2) is 0 Å². The summed E-state index contributed by atoms with van der Waals surface area (Å²) < 4.78 is 0. The Hall–Kier alpha value is -1.88. The lowest BCUT2D eigenvalue weighted by atomic mass is 10.2. The van der Waals surface area contributed by atoms with E-state index in [9.17, 15) is 9.59 Å². The minimum atomic E-state index is -1.04. The van der Waals surface area contributed by atoms with Crippen molar-refractivity contribution in [2.45, 2.75) is 6.54 Å². The van der Waals surface area contributed by atoms with Gasteiger partial charge in [-0.05, 0) is 5.56 Å². The quantitative estimate of drug-likeness (QED) is 0.565. The highest BCUT2D eigenvalue weighted by Gasteiger charge is 2.12. The van der Waals surface area contributed by atoms with Crippen LogP contribution >= 0.6 is 0 Å². The molecule has 1 aromatic carbocycles. The third-order valence-corrected chi connectivity index (χ3v) is 2.11. The highest BCUT2D eigenvalue weighted by molar-refractivity contribution is 5.71. The summed E-state index contributed by atoms with van der Waals surface area (Å²) in [4.78, 5) is 21.2. The molecule has 0 bridgehead atoms. The monoisotopic (exact) mass is 222 g/mol. The summed E-state index contributed by atoms with van der Waals surface area (Å²) >= 11 is 0. The fraction of sp³-hybridized carbons (Fsp3) is 0.273. The normalized spacial score (nSPS) is 10.1. The van der Waals surface area contributed by atoms with E-state index in [1.165, 1.54) is 0 Å². The van der Waals surface area contributed by atoms with Crippen LogP contribution in [0, 0.1) is 0 Å². The number of carboxylic acid groups (broad SMARTS) is 1. The van der Waals surface area contributed by atoms with Gasteiger partial charge >= 0.3 is 5.97 Å². The standard InChI is InChI=1S/C11H14N2O3/c1-12(13(9-14)8-11(15)16)7-10-5-3-2-4-6-10/h2-6,9H,7-8H2,1H3,(H,15,16). The van der Waals surface area contributed by atoms with Crippen LogP contribution in [-0.2, 0) is 16.1 Å². The van der Waals surface area contributed by atoms with Crippen molar-refractivity contribution in [2.24, 2.45) is 0 Å². The molecule has 0 aliphatic heterocycles. The van der Waals surface area contributed by atoms with Gasteiger partial charge in [-0.1, -0.05) is 30.3 Å². The van der Waals surface area contributed by atoms with Crippen LogP contribution in [0.1, 0.15) is 5.56 Å². The van der Waals surface area contributed by atoms with Crippen molar-refractivity contribution in [1.29, 1.82) is 0 Å². The maximum Gasteiger partial charge on any atom is 0.324 e. The number of hydrogen-bond donors (Lipinski definition) is 1. The topological polar surface area (TPSA) is 60.9 Å². The number of rotatable bonds is 6. The lowest BCUT2D eigenvalue weighted by Gasteiger charge is -2.26. The molecule has 0 aliphatic rings. The van der Waals surface area contributed by atoms with Gasteiger partial charge in [0.05, 0.1) is 0 Å². The fourth-order valence-electron chi connectivity index (χ4n) is 1.32. The molecule has 0 radical (unpaired) electrons. The van der Waals surface area contributed by atoms with E-state index in [1.54, 1.807) is 12.1 Å². The van der Waals surface area contributed by atoms with Crippen LogP contribution in [0.2, 0.25) is 0 Å². The first-order valence-electron chi connectivity index (χ1n) is 4.82. The molecule has 1 aromatic rings. The Labute approximate surface area is 93.9 Å². The van der Waals surface area contributed by atoms with Gasteiger partial charge in [0.25, 0.3) is 0 Å². The Bertz CT molecular complexity index is 354. The van der Waals surface area contributed by atoms with Gasteiger partial charge in [-0.3, -0.25) is 14.6 Å². The molecule has 0 fully saturated rings. The van der Waals surface area contributed by atoms with Crippen LogP contribution < -0.4 is 0 Å². The molecule has 0 saturated carbocycles. The SMILES string of the molecule is CN(Cc1ccccc1)N(C=O)CC(=O)O. The average Bonchev–Trinajstić information content (AvgIpc) is 2.26. The van der Waals surface area contributed by atoms with Crippen molar-refractivity contribution in [3.8, 4) is 0 Å². The number of hydrazine groups is 1. The minimum absolute atomic E-state index is 0.327. The Kier molecular flexibility index (Phi) is 4.47. The van der Waals surface area contributed by atoms with Crippen LogP contribution in [0.25, 0.3) is 0 Å². The minimum Gasteiger partial charge on any atom is -0.480 e. The van der Waals surface area contributed by atoms with Gasteiger partial charge < -0.3 is 5.11 Å². The van der Waals surface area contributed by atoms with E-state index in [-0.39, 0.29) is 6.54 Å². The molecule has 86 valence electrons. The van der Waals surface area contributed by atoms with Gasteiger partial charge in [-0.2, -0.15) is 0 Å². The summed E-state index contributed by atoms with van der Waals surface area (Å²) in [6.07, 6.45) is 0.511. The van der Waals surface area contributed by atoms with E-state index >= 15 is 0 Å². The lowest BCUT2D eigenvalue weighted by molar-refractivity contribution is -0.150. The predicted octanol–water partition coefficient (Wildman–Crippen LogP) is 0.576. The first kappa shape index (κ1) is 12.2.